The third-order valence-corrected chi connectivity index (χ3v) is 3.00. The van der Waals surface area contributed by atoms with Gasteiger partial charge in [-0.2, -0.15) is 18.6 Å². The summed E-state index contributed by atoms with van der Waals surface area (Å²) in [6.07, 6.45) is 3.01. The molecular formula is C7H9N5O2S. The smallest absolute Gasteiger partial charge is 0.274 e. The van der Waals surface area contributed by atoms with Crippen molar-refractivity contribution < 1.29 is 8.42 Å². The number of nitrogens with zero attached hydrogens (tertiary/aromatic N) is 3. The number of aromatic nitrogens is 4. The molecule has 7 nitrogen and oxygen atoms in total. The predicted octanol–water partition coefficient (Wildman–Crippen LogP) is -0.0560. The van der Waals surface area contributed by atoms with Gasteiger partial charge in [0.25, 0.3) is 10.0 Å². The molecule has 0 bridgehead atoms. The number of nitrogens with one attached hydrogen (secondary N) is 2. The van der Waals surface area contributed by atoms with E-state index in [2.05, 4.69) is 20.0 Å². The first kappa shape index (κ1) is 9.71. The Morgan fingerprint density at radius 1 is 1.47 bits per heavy atom. The zero-order valence-electron chi connectivity index (χ0n) is 7.88. The molecule has 80 valence electrons. The lowest BCUT2D eigenvalue weighted by Crippen LogP contribution is -2.14. The normalized spacial score (nSPS) is 11.5. The first-order valence-electron chi connectivity index (χ1n) is 4.10. The summed E-state index contributed by atoms with van der Waals surface area (Å²) in [7, 11) is -1.90. The van der Waals surface area contributed by atoms with Crippen molar-refractivity contribution in [3.63, 3.8) is 0 Å². The highest BCUT2D eigenvalue weighted by molar-refractivity contribution is 7.92. The topological polar surface area (TPSA) is 92.7 Å². The van der Waals surface area contributed by atoms with Crippen molar-refractivity contribution in [2.24, 2.45) is 7.05 Å². The second-order valence-electron chi connectivity index (χ2n) is 2.90. The molecule has 2 rings (SSSR count). The summed E-state index contributed by atoms with van der Waals surface area (Å²) < 4.78 is 27.1. The minimum absolute atomic E-state index is 0.00755. The van der Waals surface area contributed by atoms with Crippen LogP contribution in [-0.2, 0) is 17.1 Å². The number of aromatic amines is 1. The maximum absolute atomic E-state index is 11.6. The maximum Gasteiger partial charge on any atom is 0.280 e. The van der Waals surface area contributed by atoms with Gasteiger partial charge in [-0.1, -0.05) is 0 Å². The van der Waals surface area contributed by atoms with Gasteiger partial charge in [0.15, 0.2) is 10.8 Å². The van der Waals surface area contributed by atoms with E-state index >= 15 is 0 Å². The summed E-state index contributed by atoms with van der Waals surface area (Å²) in [4.78, 5) is 0. The molecule has 2 heterocycles. The lowest BCUT2D eigenvalue weighted by molar-refractivity contribution is 0.597. The van der Waals surface area contributed by atoms with Gasteiger partial charge in [-0.3, -0.25) is 14.5 Å². The fourth-order valence-corrected chi connectivity index (χ4v) is 1.96. The number of aryl methyl sites for hydroxylation is 1. The molecule has 0 atom stereocenters. The zero-order valence-corrected chi connectivity index (χ0v) is 8.69. The van der Waals surface area contributed by atoms with Crippen LogP contribution in [0.1, 0.15) is 0 Å². The third kappa shape index (κ3) is 1.99. The van der Waals surface area contributed by atoms with Crippen LogP contribution in [0.25, 0.3) is 0 Å². The zero-order chi connectivity index (χ0) is 10.9. The summed E-state index contributed by atoms with van der Waals surface area (Å²) in [5.41, 5.74) is 0. The van der Waals surface area contributed by atoms with Gasteiger partial charge >= 0.3 is 0 Å². The molecule has 8 heteroatoms. The Bertz CT molecular complexity index is 542. The number of anilines is 1. The number of hydrogen-bond acceptors (Lipinski definition) is 4. The predicted molar refractivity (Wildman–Crippen MR) is 52.6 cm³/mol. The van der Waals surface area contributed by atoms with Crippen LogP contribution in [0.4, 0.5) is 5.82 Å². The Labute approximate surface area is 86.2 Å². The maximum atomic E-state index is 11.6. The lowest BCUT2D eigenvalue weighted by Gasteiger charge is -2.01. The van der Waals surface area contributed by atoms with Crippen LogP contribution in [0.3, 0.4) is 0 Å². The van der Waals surface area contributed by atoms with Crippen molar-refractivity contribution in [3.8, 4) is 0 Å². The van der Waals surface area contributed by atoms with E-state index in [-0.39, 0.29) is 10.8 Å². The molecule has 0 aliphatic carbocycles. The largest absolute Gasteiger partial charge is 0.280 e. The summed E-state index contributed by atoms with van der Waals surface area (Å²) in [5.74, 6) is 0.270. The van der Waals surface area contributed by atoms with Crippen LogP contribution in [0, 0.1) is 0 Å². The molecule has 0 saturated carbocycles. The first-order chi connectivity index (χ1) is 7.08. The second-order valence-corrected chi connectivity index (χ2v) is 4.55. The van der Waals surface area contributed by atoms with Crippen molar-refractivity contribution in [2.75, 3.05) is 4.72 Å². The molecule has 2 aromatic heterocycles. The Morgan fingerprint density at radius 2 is 2.27 bits per heavy atom. The highest BCUT2D eigenvalue weighted by Crippen LogP contribution is 2.10. The van der Waals surface area contributed by atoms with Gasteiger partial charge < -0.3 is 0 Å². The fourth-order valence-electron chi connectivity index (χ4n) is 1.05. The van der Waals surface area contributed by atoms with Crippen molar-refractivity contribution in [1.82, 2.24) is 20.0 Å². The lowest BCUT2D eigenvalue weighted by atomic mass is 10.7. The summed E-state index contributed by atoms with van der Waals surface area (Å²) in [6, 6.07) is 2.93. The molecule has 0 aliphatic heterocycles. The minimum atomic E-state index is -3.60. The van der Waals surface area contributed by atoms with E-state index in [0.29, 0.717) is 0 Å². The van der Waals surface area contributed by atoms with Gasteiger partial charge in [-0.25, -0.2) is 0 Å². The molecule has 15 heavy (non-hydrogen) atoms. The number of hydrogen-bond donors (Lipinski definition) is 2. The first-order valence-corrected chi connectivity index (χ1v) is 5.58. The molecule has 0 aliphatic rings. The number of H-pyrrole nitrogens is 1. The molecule has 0 radical (unpaired) electrons. The molecule has 0 saturated heterocycles. The highest BCUT2D eigenvalue weighted by atomic mass is 32.2. The van der Waals surface area contributed by atoms with Gasteiger partial charge in [0.2, 0.25) is 0 Å². The van der Waals surface area contributed by atoms with Gasteiger partial charge in [0.05, 0.1) is 6.20 Å². The van der Waals surface area contributed by atoms with Crippen LogP contribution in [0.2, 0.25) is 0 Å². The Hall–Kier alpha value is -1.83. The summed E-state index contributed by atoms with van der Waals surface area (Å²) in [6.45, 7) is 0. The van der Waals surface area contributed by atoms with Crippen LogP contribution < -0.4 is 4.72 Å². The highest BCUT2D eigenvalue weighted by Gasteiger charge is 2.16. The number of sulfonamides is 1. The van der Waals surface area contributed by atoms with E-state index in [1.807, 2.05) is 0 Å². The van der Waals surface area contributed by atoms with Gasteiger partial charge in [-0.05, 0) is 6.07 Å². The molecule has 0 fully saturated rings. The third-order valence-electron chi connectivity index (χ3n) is 1.72. The van der Waals surface area contributed by atoms with Crippen LogP contribution in [0.5, 0.6) is 0 Å². The Kier molecular flexibility index (Phi) is 2.19. The second kappa shape index (κ2) is 3.39. The average molecular weight is 227 g/mol. The van der Waals surface area contributed by atoms with Crippen LogP contribution >= 0.6 is 0 Å². The van der Waals surface area contributed by atoms with Crippen molar-refractivity contribution in [2.45, 2.75) is 5.03 Å². The molecule has 2 aromatic rings. The SMILES string of the molecule is Cn1ccc(NS(=O)(=O)c2ccn[nH]2)n1. The number of rotatable bonds is 3. The van der Waals surface area contributed by atoms with E-state index in [4.69, 9.17) is 0 Å². The molecule has 0 unspecified atom stereocenters. The van der Waals surface area contributed by atoms with E-state index in [9.17, 15) is 8.42 Å². The van der Waals surface area contributed by atoms with E-state index in [1.165, 1.54) is 16.9 Å². The van der Waals surface area contributed by atoms with E-state index < -0.39 is 10.0 Å². The molecule has 2 N–H and O–H groups in total. The van der Waals surface area contributed by atoms with Gasteiger partial charge in [-0.15, -0.1) is 0 Å². The Balaban J connectivity index is 2.26. The van der Waals surface area contributed by atoms with Crippen molar-refractivity contribution in [3.05, 3.63) is 24.5 Å². The van der Waals surface area contributed by atoms with Gasteiger partial charge in [0, 0.05) is 19.3 Å². The standard InChI is InChI=1S/C7H9N5O2S/c1-12-5-3-6(10-12)11-15(13,14)7-2-4-8-9-7/h2-5H,1H3,(H,8,9)(H,10,11). The van der Waals surface area contributed by atoms with Gasteiger partial charge in [0.1, 0.15) is 0 Å². The van der Waals surface area contributed by atoms with Crippen LogP contribution in [0.15, 0.2) is 29.6 Å². The molecule has 0 spiro atoms. The monoisotopic (exact) mass is 227 g/mol. The fraction of sp³-hybridized carbons (Fsp3) is 0.143. The molecular weight excluding hydrogens is 218 g/mol. The average Bonchev–Trinajstić information content (AvgIpc) is 2.75. The Morgan fingerprint density at radius 3 is 2.80 bits per heavy atom. The van der Waals surface area contributed by atoms with E-state index in [0.717, 1.165) is 0 Å². The van der Waals surface area contributed by atoms with Crippen LogP contribution in [-0.4, -0.2) is 28.4 Å². The van der Waals surface area contributed by atoms with Crippen molar-refractivity contribution >= 4 is 15.8 Å². The molecule has 0 amide bonds. The minimum Gasteiger partial charge on any atom is -0.274 e. The quantitative estimate of drug-likeness (QED) is 0.768. The summed E-state index contributed by atoms with van der Waals surface area (Å²) in [5, 5.41) is 9.84. The summed E-state index contributed by atoms with van der Waals surface area (Å²) >= 11 is 0. The van der Waals surface area contributed by atoms with Crippen molar-refractivity contribution in [1.29, 1.82) is 0 Å². The molecule has 0 aromatic carbocycles. The van der Waals surface area contributed by atoms with E-state index in [1.54, 1.807) is 19.3 Å².